The summed E-state index contributed by atoms with van der Waals surface area (Å²) in [7, 11) is 1.56. The van der Waals surface area contributed by atoms with Crippen LogP contribution in [0.5, 0.6) is 5.75 Å². The van der Waals surface area contributed by atoms with Crippen LogP contribution in [-0.4, -0.2) is 13.0 Å². The Labute approximate surface area is 116 Å². The van der Waals surface area contributed by atoms with Gasteiger partial charge in [0, 0.05) is 10.6 Å². The van der Waals surface area contributed by atoms with E-state index in [-0.39, 0.29) is 5.91 Å². The number of anilines is 2. The first-order valence-corrected chi connectivity index (χ1v) is 6.65. The van der Waals surface area contributed by atoms with E-state index in [1.807, 2.05) is 19.9 Å². The first-order chi connectivity index (χ1) is 9.01. The Bertz CT molecular complexity index is 600. The van der Waals surface area contributed by atoms with Gasteiger partial charge in [-0.25, -0.2) is 0 Å². The van der Waals surface area contributed by atoms with Gasteiger partial charge >= 0.3 is 0 Å². The fourth-order valence-electron chi connectivity index (χ4n) is 1.69. The summed E-state index contributed by atoms with van der Waals surface area (Å²) in [5, 5.41) is 2.83. The number of rotatable bonds is 3. The van der Waals surface area contributed by atoms with Crippen LogP contribution in [0.25, 0.3) is 0 Å². The van der Waals surface area contributed by atoms with E-state index in [4.69, 9.17) is 10.5 Å². The normalized spacial score (nSPS) is 10.3. The molecule has 2 rings (SSSR count). The number of hydrogen-bond donors (Lipinski definition) is 2. The van der Waals surface area contributed by atoms with Crippen LogP contribution < -0.4 is 15.8 Å². The van der Waals surface area contributed by atoms with Crippen molar-refractivity contribution in [3.8, 4) is 5.75 Å². The van der Waals surface area contributed by atoms with Crippen LogP contribution in [-0.2, 0) is 0 Å². The minimum Gasteiger partial charge on any atom is -0.495 e. The molecule has 3 N–H and O–H groups in total. The molecule has 100 valence electrons. The molecule has 0 aliphatic heterocycles. The molecule has 0 aliphatic carbocycles. The highest BCUT2D eigenvalue weighted by Gasteiger charge is 2.11. The molecule has 2 aromatic rings. The quantitative estimate of drug-likeness (QED) is 0.846. The average Bonchev–Trinajstić information content (AvgIpc) is 2.70. The third-order valence-corrected chi connectivity index (χ3v) is 4.03. The van der Waals surface area contributed by atoms with Crippen LogP contribution in [0.3, 0.4) is 0 Å². The fourth-order valence-corrected chi connectivity index (χ4v) is 2.62. The Morgan fingerprint density at radius 3 is 2.58 bits per heavy atom. The Morgan fingerprint density at radius 1 is 1.32 bits per heavy atom. The molecule has 0 bridgehead atoms. The van der Waals surface area contributed by atoms with Crippen molar-refractivity contribution in [1.82, 2.24) is 0 Å². The largest absolute Gasteiger partial charge is 0.495 e. The molecule has 4 nitrogen and oxygen atoms in total. The number of thiophene rings is 1. The molecule has 19 heavy (non-hydrogen) atoms. The molecule has 0 spiro atoms. The van der Waals surface area contributed by atoms with Crippen molar-refractivity contribution in [2.24, 2.45) is 0 Å². The number of nitrogen functional groups attached to an aromatic ring is 1. The Kier molecular flexibility index (Phi) is 3.76. The monoisotopic (exact) mass is 276 g/mol. The molecular weight excluding hydrogens is 260 g/mol. The summed E-state index contributed by atoms with van der Waals surface area (Å²) in [4.78, 5) is 13.9. The van der Waals surface area contributed by atoms with Gasteiger partial charge in [0.15, 0.2) is 0 Å². The van der Waals surface area contributed by atoms with E-state index >= 15 is 0 Å². The number of benzene rings is 1. The maximum absolute atomic E-state index is 12.1. The summed E-state index contributed by atoms with van der Waals surface area (Å²) in [5.74, 6) is 0.478. The number of carbonyl (C=O) groups is 1. The summed E-state index contributed by atoms with van der Waals surface area (Å²) in [6, 6.07) is 7.07. The van der Waals surface area contributed by atoms with Crippen molar-refractivity contribution >= 4 is 28.6 Å². The van der Waals surface area contributed by atoms with Crippen LogP contribution in [0.2, 0.25) is 0 Å². The third-order valence-electron chi connectivity index (χ3n) is 2.88. The number of nitrogens with one attached hydrogen (secondary N) is 1. The van der Waals surface area contributed by atoms with Crippen molar-refractivity contribution < 1.29 is 9.53 Å². The number of methoxy groups -OCH3 is 1. The second kappa shape index (κ2) is 5.32. The molecule has 1 heterocycles. The standard InChI is InChI=1S/C14H16N2O2S/c1-8-6-13(19-9(8)2)14(17)16-10-4-5-12(18-3)11(15)7-10/h4-7H,15H2,1-3H3,(H,16,17). The van der Waals surface area contributed by atoms with Gasteiger partial charge < -0.3 is 15.8 Å². The molecule has 1 aromatic heterocycles. The van der Waals surface area contributed by atoms with E-state index in [2.05, 4.69) is 5.32 Å². The molecule has 0 unspecified atom stereocenters. The van der Waals surface area contributed by atoms with E-state index < -0.39 is 0 Å². The Balaban J connectivity index is 2.17. The number of carbonyl (C=O) groups excluding carboxylic acids is 1. The molecule has 0 saturated heterocycles. The maximum Gasteiger partial charge on any atom is 0.265 e. The lowest BCUT2D eigenvalue weighted by Gasteiger charge is -2.08. The van der Waals surface area contributed by atoms with Crippen LogP contribution in [0.15, 0.2) is 24.3 Å². The molecule has 0 saturated carbocycles. The number of amides is 1. The predicted molar refractivity (Wildman–Crippen MR) is 79.2 cm³/mol. The van der Waals surface area contributed by atoms with E-state index in [9.17, 15) is 4.79 Å². The first kappa shape index (κ1) is 13.4. The smallest absolute Gasteiger partial charge is 0.265 e. The topological polar surface area (TPSA) is 64.3 Å². The first-order valence-electron chi connectivity index (χ1n) is 5.83. The number of nitrogens with two attached hydrogens (primary N) is 1. The zero-order valence-electron chi connectivity index (χ0n) is 11.1. The van der Waals surface area contributed by atoms with Gasteiger partial charge in [-0.3, -0.25) is 4.79 Å². The lowest BCUT2D eigenvalue weighted by Crippen LogP contribution is -2.10. The van der Waals surface area contributed by atoms with Crippen LogP contribution in [0, 0.1) is 13.8 Å². The summed E-state index contributed by atoms with van der Waals surface area (Å²) in [5.41, 5.74) is 8.09. The number of aryl methyl sites for hydroxylation is 2. The highest BCUT2D eigenvalue weighted by atomic mass is 32.1. The summed E-state index contributed by atoms with van der Waals surface area (Å²) in [6.45, 7) is 4.00. The fraction of sp³-hybridized carbons (Fsp3) is 0.214. The van der Waals surface area contributed by atoms with Gasteiger partial charge in [0.05, 0.1) is 17.7 Å². The highest BCUT2D eigenvalue weighted by molar-refractivity contribution is 7.14. The van der Waals surface area contributed by atoms with Gasteiger partial charge in [0.25, 0.3) is 5.91 Å². The number of ether oxygens (including phenoxy) is 1. The van der Waals surface area contributed by atoms with Crippen molar-refractivity contribution in [1.29, 1.82) is 0 Å². The maximum atomic E-state index is 12.1. The lowest BCUT2D eigenvalue weighted by atomic mass is 10.2. The summed E-state index contributed by atoms with van der Waals surface area (Å²) >= 11 is 1.49. The van der Waals surface area contributed by atoms with Crippen LogP contribution in [0.1, 0.15) is 20.1 Å². The van der Waals surface area contributed by atoms with E-state index in [1.54, 1.807) is 25.3 Å². The zero-order valence-corrected chi connectivity index (χ0v) is 11.9. The minimum absolute atomic E-state index is 0.120. The Hall–Kier alpha value is -2.01. The SMILES string of the molecule is COc1ccc(NC(=O)c2cc(C)c(C)s2)cc1N. The minimum atomic E-state index is -0.120. The van der Waals surface area contributed by atoms with Gasteiger partial charge in [-0.05, 0) is 43.7 Å². The average molecular weight is 276 g/mol. The molecule has 0 fully saturated rings. The van der Waals surface area contributed by atoms with Crippen molar-refractivity contribution in [3.05, 3.63) is 39.6 Å². The molecule has 1 amide bonds. The second-order valence-corrected chi connectivity index (χ2v) is 5.52. The summed E-state index contributed by atoms with van der Waals surface area (Å²) in [6.07, 6.45) is 0. The number of hydrogen-bond acceptors (Lipinski definition) is 4. The van der Waals surface area contributed by atoms with Crippen LogP contribution >= 0.6 is 11.3 Å². The van der Waals surface area contributed by atoms with E-state index in [1.165, 1.54) is 11.3 Å². The van der Waals surface area contributed by atoms with Gasteiger partial charge in [-0.15, -0.1) is 11.3 Å². The third kappa shape index (κ3) is 2.88. The summed E-state index contributed by atoms with van der Waals surface area (Å²) < 4.78 is 5.07. The predicted octanol–water partition coefficient (Wildman–Crippen LogP) is 3.21. The highest BCUT2D eigenvalue weighted by Crippen LogP contribution is 2.26. The van der Waals surface area contributed by atoms with Gasteiger partial charge in [-0.1, -0.05) is 0 Å². The lowest BCUT2D eigenvalue weighted by molar-refractivity contribution is 0.103. The molecule has 0 aliphatic rings. The molecule has 5 heteroatoms. The van der Waals surface area contributed by atoms with E-state index in [0.717, 1.165) is 10.4 Å². The molecule has 1 aromatic carbocycles. The van der Waals surface area contributed by atoms with Gasteiger partial charge in [0.1, 0.15) is 5.75 Å². The van der Waals surface area contributed by atoms with E-state index in [0.29, 0.717) is 22.0 Å². The van der Waals surface area contributed by atoms with Crippen molar-refractivity contribution in [2.45, 2.75) is 13.8 Å². The Morgan fingerprint density at radius 2 is 2.05 bits per heavy atom. The second-order valence-electron chi connectivity index (χ2n) is 4.26. The van der Waals surface area contributed by atoms with Crippen molar-refractivity contribution in [2.75, 3.05) is 18.2 Å². The van der Waals surface area contributed by atoms with Gasteiger partial charge in [-0.2, -0.15) is 0 Å². The van der Waals surface area contributed by atoms with Crippen LogP contribution in [0.4, 0.5) is 11.4 Å². The molecule has 0 atom stereocenters. The van der Waals surface area contributed by atoms with Crippen molar-refractivity contribution in [3.63, 3.8) is 0 Å². The molecular formula is C14H16N2O2S. The molecule has 0 radical (unpaired) electrons. The zero-order chi connectivity index (χ0) is 14.0. The van der Waals surface area contributed by atoms with Gasteiger partial charge in [0.2, 0.25) is 0 Å².